The second kappa shape index (κ2) is 9.26. The summed E-state index contributed by atoms with van der Waals surface area (Å²) in [5, 5.41) is 0. The van der Waals surface area contributed by atoms with E-state index in [9.17, 15) is 4.79 Å². The minimum atomic E-state index is -0.295. The fourth-order valence-corrected chi connectivity index (χ4v) is 0.318. The molecule has 0 atom stereocenters. The summed E-state index contributed by atoms with van der Waals surface area (Å²) in [6.07, 6.45) is 0.860. The molecule has 0 fully saturated rings. The van der Waals surface area contributed by atoms with Crippen LogP contribution >= 0.6 is 0 Å². The molecular weight excluding hydrogens is 166 g/mol. The molecule has 0 unspecified atom stereocenters. The molecule has 0 aromatic heterocycles. The van der Waals surface area contributed by atoms with Gasteiger partial charge in [-0.3, -0.25) is 0 Å². The molecule has 0 aromatic carbocycles. The lowest BCUT2D eigenvalue weighted by molar-refractivity contribution is -0.138. The Bertz CT molecular complexity index is 150. The molecule has 0 heterocycles. The fourth-order valence-electron chi connectivity index (χ4n) is 0.318. The van der Waals surface area contributed by atoms with Gasteiger partial charge in [0.15, 0.2) is 0 Å². The Morgan fingerprint density at radius 2 is 1.77 bits per heavy atom. The predicted octanol–water partition coefficient (Wildman–Crippen LogP) is 1.69. The van der Waals surface area contributed by atoms with Crippen LogP contribution in [0, 0.1) is 0 Å². The van der Waals surface area contributed by atoms with Gasteiger partial charge in [-0.1, -0.05) is 13.5 Å². The molecule has 0 aromatic rings. The highest BCUT2D eigenvalue weighted by molar-refractivity contribution is 5.86. The molecule has 0 aliphatic carbocycles. The van der Waals surface area contributed by atoms with Crippen molar-refractivity contribution in [1.82, 2.24) is 4.90 Å². The number of carbonyl (C=O) groups excluding carboxylic acids is 1. The van der Waals surface area contributed by atoms with Crippen LogP contribution < -0.4 is 0 Å². The van der Waals surface area contributed by atoms with Crippen molar-refractivity contribution in [3.05, 3.63) is 12.2 Å². The molecule has 0 radical (unpaired) electrons. The van der Waals surface area contributed by atoms with Crippen molar-refractivity contribution in [2.24, 2.45) is 0 Å². The molecule has 3 nitrogen and oxygen atoms in total. The second-order valence-electron chi connectivity index (χ2n) is 3.26. The van der Waals surface area contributed by atoms with Gasteiger partial charge < -0.3 is 9.64 Å². The topological polar surface area (TPSA) is 29.5 Å². The lowest BCUT2D eigenvalue weighted by Gasteiger charge is -1.99. The second-order valence-corrected chi connectivity index (χ2v) is 3.26. The van der Waals surface area contributed by atoms with Crippen LogP contribution in [0.15, 0.2) is 12.2 Å². The number of hydrogen-bond acceptors (Lipinski definition) is 3. The maximum absolute atomic E-state index is 10.6. The third-order valence-corrected chi connectivity index (χ3v) is 0.786. The first-order valence-corrected chi connectivity index (χ1v) is 4.35. The van der Waals surface area contributed by atoms with E-state index in [1.165, 1.54) is 0 Å². The van der Waals surface area contributed by atoms with Gasteiger partial charge in [-0.2, -0.15) is 0 Å². The van der Waals surface area contributed by atoms with E-state index in [4.69, 9.17) is 4.74 Å². The number of carbonyl (C=O) groups is 1. The summed E-state index contributed by atoms with van der Waals surface area (Å²) in [5.74, 6) is -0.295. The van der Waals surface area contributed by atoms with Crippen molar-refractivity contribution in [3.8, 4) is 0 Å². The lowest BCUT2D eigenvalue weighted by Crippen LogP contribution is -2.04. The van der Waals surface area contributed by atoms with Crippen LogP contribution in [-0.2, 0) is 9.53 Å². The van der Waals surface area contributed by atoms with Crippen LogP contribution in [0.5, 0.6) is 0 Å². The molecule has 13 heavy (non-hydrogen) atoms. The molecule has 0 aliphatic rings. The largest absolute Gasteiger partial charge is 0.462 e. The van der Waals surface area contributed by atoms with Gasteiger partial charge in [-0.15, -0.1) is 0 Å². The highest BCUT2D eigenvalue weighted by Gasteiger charge is 1.99. The molecular formula is C10H21NO2. The molecule has 0 rings (SSSR count). The van der Waals surface area contributed by atoms with Crippen molar-refractivity contribution in [1.29, 1.82) is 0 Å². The van der Waals surface area contributed by atoms with Crippen LogP contribution in [0.2, 0.25) is 0 Å². The molecule has 0 bridgehead atoms. The Morgan fingerprint density at radius 1 is 1.38 bits per heavy atom. The van der Waals surface area contributed by atoms with E-state index in [2.05, 4.69) is 6.58 Å². The van der Waals surface area contributed by atoms with Crippen molar-refractivity contribution in [2.45, 2.75) is 20.3 Å². The first-order valence-electron chi connectivity index (χ1n) is 4.35. The summed E-state index contributed by atoms with van der Waals surface area (Å²) < 4.78 is 4.71. The standard InChI is InChI=1S/C7H12O2.C3H9N/c1-4-5-9-7(8)6(2)3;1-4(2)3/h2,4-5H2,1,3H3;1-3H3. The number of esters is 1. The van der Waals surface area contributed by atoms with Gasteiger partial charge in [-0.05, 0) is 34.5 Å². The van der Waals surface area contributed by atoms with Gasteiger partial charge in [0.05, 0.1) is 6.61 Å². The average molecular weight is 187 g/mol. The Hall–Kier alpha value is -0.830. The highest BCUT2D eigenvalue weighted by atomic mass is 16.5. The number of rotatable bonds is 3. The Kier molecular flexibility index (Phi) is 10.5. The number of hydrogen-bond donors (Lipinski definition) is 0. The monoisotopic (exact) mass is 187 g/mol. The fraction of sp³-hybridized carbons (Fsp3) is 0.700. The summed E-state index contributed by atoms with van der Waals surface area (Å²) in [6, 6.07) is 0. The van der Waals surface area contributed by atoms with E-state index in [1.807, 2.05) is 33.0 Å². The zero-order chi connectivity index (χ0) is 10.9. The van der Waals surface area contributed by atoms with Gasteiger partial charge in [0.2, 0.25) is 0 Å². The summed E-state index contributed by atoms with van der Waals surface area (Å²) in [6.45, 7) is 7.51. The van der Waals surface area contributed by atoms with E-state index in [0.717, 1.165) is 6.42 Å². The van der Waals surface area contributed by atoms with Crippen molar-refractivity contribution in [3.63, 3.8) is 0 Å². The summed E-state index contributed by atoms with van der Waals surface area (Å²) in [5.41, 5.74) is 0.462. The minimum absolute atomic E-state index is 0.295. The Balaban J connectivity index is 0. The van der Waals surface area contributed by atoms with Gasteiger partial charge in [0, 0.05) is 5.57 Å². The van der Waals surface area contributed by atoms with E-state index in [0.29, 0.717) is 12.2 Å². The quantitative estimate of drug-likeness (QED) is 0.497. The molecule has 0 saturated heterocycles. The van der Waals surface area contributed by atoms with Crippen LogP contribution in [0.3, 0.4) is 0 Å². The zero-order valence-corrected chi connectivity index (χ0v) is 9.39. The van der Waals surface area contributed by atoms with Crippen molar-refractivity contribution in [2.75, 3.05) is 27.7 Å². The molecule has 78 valence electrons. The van der Waals surface area contributed by atoms with Crippen molar-refractivity contribution >= 4 is 5.97 Å². The molecule has 0 N–H and O–H groups in total. The van der Waals surface area contributed by atoms with Crippen LogP contribution in [0.4, 0.5) is 0 Å². The maximum Gasteiger partial charge on any atom is 0.333 e. The van der Waals surface area contributed by atoms with Gasteiger partial charge >= 0.3 is 5.97 Å². The Labute approximate surface area is 81.4 Å². The zero-order valence-electron chi connectivity index (χ0n) is 9.39. The van der Waals surface area contributed by atoms with Gasteiger partial charge in [0.25, 0.3) is 0 Å². The highest BCUT2D eigenvalue weighted by Crippen LogP contribution is 1.91. The minimum Gasteiger partial charge on any atom is -0.462 e. The number of ether oxygens (including phenoxy) is 1. The SMILES string of the molecule is C=C(C)C(=O)OCCC.CN(C)C. The third kappa shape index (κ3) is 18.3. The Morgan fingerprint density at radius 3 is 2.00 bits per heavy atom. The van der Waals surface area contributed by atoms with E-state index < -0.39 is 0 Å². The molecule has 3 heteroatoms. The normalized spacial score (nSPS) is 8.77. The smallest absolute Gasteiger partial charge is 0.333 e. The molecule has 0 spiro atoms. The first-order chi connectivity index (χ1) is 5.91. The maximum atomic E-state index is 10.6. The predicted molar refractivity (Wildman–Crippen MR) is 55.7 cm³/mol. The van der Waals surface area contributed by atoms with Crippen molar-refractivity contribution < 1.29 is 9.53 Å². The average Bonchev–Trinajstić information content (AvgIpc) is 1.98. The van der Waals surface area contributed by atoms with E-state index in [-0.39, 0.29) is 5.97 Å². The van der Waals surface area contributed by atoms with Gasteiger partial charge in [-0.25, -0.2) is 4.79 Å². The molecule has 0 amide bonds. The summed E-state index contributed by atoms with van der Waals surface area (Å²) in [4.78, 5) is 12.6. The lowest BCUT2D eigenvalue weighted by atomic mass is 10.4. The van der Waals surface area contributed by atoms with E-state index in [1.54, 1.807) is 6.92 Å². The summed E-state index contributed by atoms with van der Waals surface area (Å²) in [7, 11) is 6.00. The van der Waals surface area contributed by atoms with Crippen LogP contribution in [0.1, 0.15) is 20.3 Å². The summed E-state index contributed by atoms with van der Waals surface area (Å²) >= 11 is 0. The molecule has 0 saturated carbocycles. The van der Waals surface area contributed by atoms with Crippen LogP contribution in [-0.4, -0.2) is 38.6 Å². The van der Waals surface area contributed by atoms with Crippen LogP contribution in [0.25, 0.3) is 0 Å². The van der Waals surface area contributed by atoms with Gasteiger partial charge in [0.1, 0.15) is 0 Å². The third-order valence-electron chi connectivity index (χ3n) is 0.786. The first kappa shape index (κ1) is 14.7. The van der Waals surface area contributed by atoms with E-state index >= 15 is 0 Å². The molecule has 0 aliphatic heterocycles. The number of nitrogens with zero attached hydrogens (tertiary/aromatic N) is 1.